The molecule has 1 atom stereocenters. The number of piperidine rings is 1. The maximum atomic E-state index is 12.1. The lowest BCUT2D eigenvalue weighted by molar-refractivity contribution is -0.127. The second-order valence-electron chi connectivity index (χ2n) is 6.26. The van der Waals surface area contributed by atoms with Gasteiger partial charge in [0.1, 0.15) is 0 Å². The van der Waals surface area contributed by atoms with Crippen molar-refractivity contribution in [2.24, 2.45) is 5.92 Å². The third kappa shape index (κ3) is 3.71. The Labute approximate surface area is 111 Å². The number of rotatable bonds is 5. The van der Waals surface area contributed by atoms with Crippen LogP contribution in [0.2, 0.25) is 0 Å². The quantitative estimate of drug-likeness (QED) is 0.738. The molecule has 1 saturated heterocycles. The molecule has 104 valence electrons. The molecule has 0 spiro atoms. The van der Waals surface area contributed by atoms with Crippen molar-refractivity contribution in [2.45, 2.75) is 70.3 Å². The molecule has 3 heteroatoms. The van der Waals surface area contributed by atoms with E-state index < -0.39 is 0 Å². The van der Waals surface area contributed by atoms with E-state index in [4.69, 9.17) is 0 Å². The second kappa shape index (κ2) is 6.55. The van der Waals surface area contributed by atoms with Gasteiger partial charge in [0.15, 0.2) is 0 Å². The molecule has 0 aromatic rings. The Hall–Kier alpha value is -0.570. The molecule has 0 aromatic carbocycles. The summed E-state index contributed by atoms with van der Waals surface area (Å²) in [6.45, 7) is 3.87. The van der Waals surface area contributed by atoms with Gasteiger partial charge in [-0.15, -0.1) is 0 Å². The molecule has 18 heavy (non-hydrogen) atoms. The Morgan fingerprint density at radius 2 is 2.06 bits per heavy atom. The van der Waals surface area contributed by atoms with Gasteiger partial charge in [0, 0.05) is 6.54 Å². The molecule has 2 aliphatic rings. The third-order valence-corrected chi connectivity index (χ3v) is 4.67. The predicted molar refractivity (Wildman–Crippen MR) is 74.5 cm³/mol. The van der Waals surface area contributed by atoms with Crippen molar-refractivity contribution in [3.8, 4) is 0 Å². The van der Waals surface area contributed by atoms with Crippen molar-refractivity contribution in [2.75, 3.05) is 13.1 Å². The van der Waals surface area contributed by atoms with Crippen LogP contribution in [0.15, 0.2) is 0 Å². The fourth-order valence-corrected chi connectivity index (χ4v) is 3.34. The average Bonchev–Trinajstić information content (AvgIpc) is 2.88. The molecule has 0 bridgehead atoms. The van der Waals surface area contributed by atoms with Crippen molar-refractivity contribution < 1.29 is 4.79 Å². The van der Waals surface area contributed by atoms with Gasteiger partial charge in [0.05, 0.1) is 5.54 Å². The highest BCUT2D eigenvalue weighted by Gasteiger charge is 2.33. The zero-order valence-corrected chi connectivity index (χ0v) is 11.8. The van der Waals surface area contributed by atoms with Crippen molar-refractivity contribution in [1.82, 2.24) is 10.6 Å². The minimum Gasteiger partial charge on any atom is -0.355 e. The van der Waals surface area contributed by atoms with Crippen molar-refractivity contribution >= 4 is 5.91 Å². The molecule has 1 saturated carbocycles. The Bertz CT molecular complexity index is 266. The molecule has 0 radical (unpaired) electrons. The van der Waals surface area contributed by atoms with E-state index in [1.165, 1.54) is 44.9 Å². The number of carbonyl (C=O) groups excluding carboxylic acids is 1. The van der Waals surface area contributed by atoms with Crippen LogP contribution in [-0.2, 0) is 4.79 Å². The highest BCUT2D eigenvalue weighted by Crippen LogP contribution is 2.28. The van der Waals surface area contributed by atoms with Gasteiger partial charge in [0.2, 0.25) is 5.91 Å². The summed E-state index contributed by atoms with van der Waals surface area (Å²) in [5.74, 6) is 1.14. The summed E-state index contributed by atoms with van der Waals surface area (Å²) in [5, 5.41) is 6.48. The largest absolute Gasteiger partial charge is 0.355 e. The zero-order valence-electron chi connectivity index (χ0n) is 11.8. The first kappa shape index (κ1) is 13.9. The van der Waals surface area contributed by atoms with E-state index in [0.29, 0.717) is 0 Å². The van der Waals surface area contributed by atoms with E-state index in [1.807, 2.05) is 6.92 Å². The van der Waals surface area contributed by atoms with Gasteiger partial charge < -0.3 is 10.6 Å². The van der Waals surface area contributed by atoms with E-state index in [9.17, 15) is 4.79 Å². The fraction of sp³-hybridized carbons (Fsp3) is 0.933. The summed E-state index contributed by atoms with van der Waals surface area (Å²) in [5.41, 5.74) is -0.314. The monoisotopic (exact) mass is 252 g/mol. The van der Waals surface area contributed by atoms with Crippen LogP contribution in [0.4, 0.5) is 0 Å². The van der Waals surface area contributed by atoms with Crippen LogP contribution < -0.4 is 10.6 Å². The summed E-state index contributed by atoms with van der Waals surface area (Å²) in [4.78, 5) is 12.1. The molecule has 3 nitrogen and oxygen atoms in total. The van der Waals surface area contributed by atoms with Crippen LogP contribution in [0.25, 0.3) is 0 Å². The van der Waals surface area contributed by atoms with Crippen molar-refractivity contribution in [1.29, 1.82) is 0 Å². The Kier molecular flexibility index (Phi) is 5.04. The minimum atomic E-state index is -0.314. The summed E-state index contributed by atoms with van der Waals surface area (Å²) in [6.07, 6.45) is 11.4. The Morgan fingerprint density at radius 3 is 2.72 bits per heavy atom. The van der Waals surface area contributed by atoms with Gasteiger partial charge in [0.25, 0.3) is 0 Å². The number of nitrogens with one attached hydrogen (secondary N) is 2. The molecular weight excluding hydrogens is 224 g/mol. The van der Waals surface area contributed by atoms with Crippen LogP contribution >= 0.6 is 0 Å². The molecule has 1 unspecified atom stereocenters. The van der Waals surface area contributed by atoms with Gasteiger partial charge in [-0.3, -0.25) is 4.79 Å². The maximum absolute atomic E-state index is 12.1. The Balaban J connectivity index is 1.61. The summed E-state index contributed by atoms with van der Waals surface area (Å²) < 4.78 is 0. The summed E-state index contributed by atoms with van der Waals surface area (Å²) in [7, 11) is 0. The summed E-state index contributed by atoms with van der Waals surface area (Å²) in [6, 6.07) is 0. The molecule has 2 rings (SSSR count). The minimum absolute atomic E-state index is 0.202. The Morgan fingerprint density at radius 1 is 1.28 bits per heavy atom. The lowest BCUT2D eigenvalue weighted by atomic mass is 9.90. The van der Waals surface area contributed by atoms with Crippen molar-refractivity contribution in [3.63, 3.8) is 0 Å². The predicted octanol–water partition coefficient (Wildman–Crippen LogP) is 2.61. The van der Waals surface area contributed by atoms with Gasteiger partial charge in [-0.2, -0.15) is 0 Å². The number of amides is 1. The van der Waals surface area contributed by atoms with E-state index in [0.717, 1.165) is 31.8 Å². The van der Waals surface area contributed by atoms with Crippen LogP contribution in [0.5, 0.6) is 0 Å². The van der Waals surface area contributed by atoms with Crippen LogP contribution in [0, 0.1) is 5.92 Å². The number of hydrogen-bond donors (Lipinski definition) is 2. The van der Waals surface area contributed by atoms with E-state index in [-0.39, 0.29) is 11.4 Å². The molecule has 1 heterocycles. The van der Waals surface area contributed by atoms with Gasteiger partial charge in [-0.1, -0.05) is 25.7 Å². The van der Waals surface area contributed by atoms with E-state index in [2.05, 4.69) is 10.6 Å². The molecule has 0 aromatic heterocycles. The van der Waals surface area contributed by atoms with Crippen LogP contribution in [-0.4, -0.2) is 24.5 Å². The highest BCUT2D eigenvalue weighted by molar-refractivity contribution is 5.85. The second-order valence-corrected chi connectivity index (χ2v) is 6.26. The van der Waals surface area contributed by atoms with E-state index in [1.54, 1.807) is 0 Å². The first-order valence-corrected chi connectivity index (χ1v) is 7.74. The first-order valence-electron chi connectivity index (χ1n) is 7.74. The molecule has 1 aliphatic heterocycles. The third-order valence-electron chi connectivity index (χ3n) is 4.67. The summed E-state index contributed by atoms with van der Waals surface area (Å²) >= 11 is 0. The molecule has 1 aliphatic carbocycles. The highest BCUT2D eigenvalue weighted by atomic mass is 16.2. The molecule has 2 N–H and O–H groups in total. The van der Waals surface area contributed by atoms with Gasteiger partial charge >= 0.3 is 0 Å². The van der Waals surface area contributed by atoms with Gasteiger partial charge in [-0.05, 0) is 51.5 Å². The molecular formula is C15H28N2O. The smallest absolute Gasteiger partial charge is 0.240 e. The first-order chi connectivity index (χ1) is 8.71. The van der Waals surface area contributed by atoms with Crippen LogP contribution in [0.1, 0.15) is 64.7 Å². The van der Waals surface area contributed by atoms with E-state index >= 15 is 0 Å². The standard InChI is InChI=1S/C15H28N2O/c1-15(10-4-5-12-17-15)14(18)16-11-6-9-13-7-2-3-8-13/h13,17H,2-12H2,1H3,(H,16,18). The molecule has 1 amide bonds. The van der Waals surface area contributed by atoms with Crippen LogP contribution in [0.3, 0.4) is 0 Å². The SMILES string of the molecule is CC1(C(=O)NCCCC2CCCC2)CCCCN1. The topological polar surface area (TPSA) is 41.1 Å². The van der Waals surface area contributed by atoms with Gasteiger partial charge in [-0.25, -0.2) is 0 Å². The fourth-order valence-electron chi connectivity index (χ4n) is 3.34. The normalized spacial score (nSPS) is 29.4. The molecule has 2 fully saturated rings. The number of carbonyl (C=O) groups is 1. The average molecular weight is 252 g/mol. The zero-order chi connectivity index (χ0) is 12.8. The maximum Gasteiger partial charge on any atom is 0.240 e. The lowest BCUT2D eigenvalue weighted by Gasteiger charge is -2.33. The van der Waals surface area contributed by atoms with Crippen molar-refractivity contribution in [3.05, 3.63) is 0 Å². The number of hydrogen-bond acceptors (Lipinski definition) is 2. The lowest BCUT2D eigenvalue weighted by Crippen LogP contribution is -2.57.